The Balaban J connectivity index is 1.88. The first-order valence-corrected chi connectivity index (χ1v) is 7.23. The molecule has 110 valence electrons. The van der Waals surface area contributed by atoms with Crippen molar-refractivity contribution in [2.24, 2.45) is 10.8 Å². The number of benzene rings is 1. The van der Waals surface area contributed by atoms with Crippen LogP contribution in [0.3, 0.4) is 0 Å². The van der Waals surface area contributed by atoms with Gasteiger partial charge >= 0.3 is 0 Å². The minimum Gasteiger partial charge on any atom is -0.353 e. The fraction of sp³-hybridized carbons (Fsp3) is 0.533. The lowest BCUT2D eigenvalue weighted by atomic mass is 10.1. The maximum Gasteiger partial charge on any atom is 0.206 e. The molecule has 1 saturated carbocycles. The first kappa shape index (κ1) is 14.8. The molecule has 0 heterocycles. The summed E-state index contributed by atoms with van der Waals surface area (Å²) in [5, 5.41) is 3.28. The van der Waals surface area contributed by atoms with Crippen LogP contribution < -0.4 is 16.6 Å². The van der Waals surface area contributed by atoms with Crippen molar-refractivity contribution in [3.05, 3.63) is 35.6 Å². The molecule has 0 aromatic heterocycles. The number of nitrogens with two attached hydrogens (primary N) is 1. The lowest BCUT2D eigenvalue weighted by Gasteiger charge is -2.18. The molecule has 5 heteroatoms. The van der Waals surface area contributed by atoms with Crippen LogP contribution in [0.15, 0.2) is 29.3 Å². The molecular weight excluding hydrogens is 255 g/mol. The zero-order valence-electron chi connectivity index (χ0n) is 11.9. The molecule has 1 aromatic carbocycles. The lowest BCUT2D eigenvalue weighted by molar-refractivity contribution is 0.615. The largest absolute Gasteiger partial charge is 0.353 e. The van der Waals surface area contributed by atoms with Gasteiger partial charge in [-0.2, -0.15) is 0 Å². The van der Waals surface area contributed by atoms with Crippen LogP contribution in [0.25, 0.3) is 0 Å². The number of halogens is 1. The van der Waals surface area contributed by atoms with Crippen molar-refractivity contribution in [3.8, 4) is 0 Å². The Labute approximate surface area is 119 Å². The van der Waals surface area contributed by atoms with Gasteiger partial charge in [0.1, 0.15) is 5.82 Å². The highest BCUT2D eigenvalue weighted by Crippen LogP contribution is 2.20. The maximum atomic E-state index is 12.9. The third-order valence-corrected chi connectivity index (χ3v) is 3.61. The Kier molecular flexibility index (Phi) is 5.35. The Bertz CT molecular complexity index is 438. The summed E-state index contributed by atoms with van der Waals surface area (Å²) in [4.78, 5) is 4.60. The molecule has 1 aliphatic carbocycles. The van der Waals surface area contributed by atoms with E-state index in [1.54, 1.807) is 12.1 Å². The molecule has 2 rings (SSSR count). The van der Waals surface area contributed by atoms with E-state index >= 15 is 0 Å². The molecule has 0 bridgehead atoms. The number of hydrogen-bond donors (Lipinski definition) is 3. The van der Waals surface area contributed by atoms with Crippen molar-refractivity contribution >= 4 is 5.96 Å². The summed E-state index contributed by atoms with van der Waals surface area (Å²) in [7, 11) is 0. The summed E-state index contributed by atoms with van der Waals surface area (Å²) in [6.07, 6.45) is 5.57. The Morgan fingerprint density at radius 2 is 2.00 bits per heavy atom. The van der Waals surface area contributed by atoms with E-state index in [0.717, 1.165) is 24.8 Å². The van der Waals surface area contributed by atoms with Gasteiger partial charge in [0, 0.05) is 6.04 Å². The molecule has 1 aliphatic rings. The second-order valence-corrected chi connectivity index (χ2v) is 5.44. The predicted octanol–water partition coefficient (Wildman–Crippen LogP) is 2.11. The van der Waals surface area contributed by atoms with Gasteiger partial charge in [0.2, 0.25) is 5.96 Å². The minimum absolute atomic E-state index is 0.177. The van der Waals surface area contributed by atoms with E-state index < -0.39 is 0 Å². The highest BCUT2D eigenvalue weighted by atomic mass is 19.1. The van der Waals surface area contributed by atoms with Crippen molar-refractivity contribution in [3.63, 3.8) is 0 Å². The van der Waals surface area contributed by atoms with Crippen LogP contribution in [-0.4, -0.2) is 18.0 Å². The highest BCUT2D eigenvalue weighted by Gasteiger charge is 2.15. The molecule has 4 N–H and O–H groups in total. The van der Waals surface area contributed by atoms with E-state index in [4.69, 9.17) is 5.84 Å². The molecule has 1 unspecified atom stereocenters. The fourth-order valence-electron chi connectivity index (χ4n) is 2.59. The van der Waals surface area contributed by atoms with Gasteiger partial charge in [0.15, 0.2) is 0 Å². The second kappa shape index (κ2) is 7.24. The van der Waals surface area contributed by atoms with Crippen molar-refractivity contribution in [1.29, 1.82) is 0 Å². The zero-order chi connectivity index (χ0) is 14.4. The number of aliphatic imine (C=N–C) groups is 1. The topological polar surface area (TPSA) is 62.4 Å². The zero-order valence-corrected chi connectivity index (χ0v) is 11.9. The van der Waals surface area contributed by atoms with Crippen molar-refractivity contribution < 1.29 is 4.39 Å². The van der Waals surface area contributed by atoms with Gasteiger partial charge in [-0.05, 0) is 43.9 Å². The molecule has 1 atom stereocenters. The predicted molar refractivity (Wildman–Crippen MR) is 79.7 cm³/mol. The molecule has 0 amide bonds. The van der Waals surface area contributed by atoms with Crippen molar-refractivity contribution in [2.75, 3.05) is 0 Å². The van der Waals surface area contributed by atoms with Gasteiger partial charge in [-0.15, -0.1) is 0 Å². The summed E-state index contributed by atoms with van der Waals surface area (Å²) in [5.74, 6) is 5.96. The smallest absolute Gasteiger partial charge is 0.206 e. The van der Waals surface area contributed by atoms with Crippen LogP contribution in [-0.2, 0) is 6.42 Å². The maximum absolute atomic E-state index is 12.9. The van der Waals surface area contributed by atoms with E-state index in [1.165, 1.54) is 25.0 Å². The summed E-state index contributed by atoms with van der Waals surface area (Å²) in [6.45, 7) is 2.06. The summed E-state index contributed by atoms with van der Waals surface area (Å²) in [5.41, 5.74) is 3.72. The summed E-state index contributed by atoms with van der Waals surface area (Å²) in [6, 6.07) is 7.13. The molecule has 1 aromatic rings. The van der Waals surface area contributed by atoms with Crippen molar-refractivity contribution in [1.82, 2.24) is 10.7 Å². The fourth-order valence-corrected chi connectivity index (χ4v) is 2.59. The third-order valence-electron chi connectivity index (χ3n) is 3.61. The van der Waals surface area contributed by atoms with Crippen LogP contribution in [0.5, 0.6) is 0 Å². The molecule has 20 heavy (non-hydrogen) atoms. The van der Waals surface area contributed by atoms with E-state index in [-0.39, 0.29) is 11.9 Å². The van der Waals surface area contributed by atoms with E-state index in [2.05, 4.69) is 22.7 Å². The number of rotatable bonds is 4. The van der Waals surface area contributed by atoms with Crippen LogP contribution in [0.2, 0.25) is 0 Å². The number of nitrogens with zero attached hydrogens (tertiary/aromatic N) is 1. The van der Waals surface area contributed by atoms with Gasteiger partial charge in [-0.25, -0.2) is 15.2 Å². The lowest BCUT2D eigenvalue weighted by Crippen LogP contribution is -2.46. The van der Waals surface area contributed by atoms with Gasteiger partial charge in [-0.3, -0.25) is 5.43 Å². The van der Waals surface area contributed by atoms with E-state index in [1.807, 2.05) is 0 Å². The highest BCUT2D eigenvalue weighted by molar-refractivity contribution is 5.79. The Hall–Kier alpha value is -1.62. The number of nitrogens with one attached hydrogen (secondary N) is 2. The Morgan fingerprint density at radius 3 is 2.60 bits per heavy atom. The van der Waals surface area contributed by atoms with Gasteiger partial charge in [0.05, 0.1) is 6.04 Å². The van der Waals surface area contributed by atoms with Crippen LogP contribution in [0, 0.1) is 5.82 Å². The average molecular weight is 278 g/mol. The van der Waals surface area contributed by atoms with Crippen molar-refractivity contribution in [2.45, 2.75) is 51.1 Å². The third kappa shape index (κ3) is 4.49. The molecular formula is C15H23FN4. The molecule has 1 fully saturated rings. The minimum atomic E-state index is -0.207. The average Bonchev–Trinajstić information content (AvgIpc) is 2.93. The van der Waals surface area contributed by atoms with Crippen LogP contribution >= 0.6 is 0 Å². The molecule has 0 saturated heterocycles. The summed E-state index contributed by atoms with van der Waals surface area (Å²) >= 11 is 0. The quantitative estimate of drug-likeness (QED) is 0.342. The normalized spacial score (nSPS) is 18.1. The number of hydrogen-bond acceptors (Lipinski definition) is 2. The van der Waals surface area contributed by atoms with Gasteiger partial charge < -0.3 is 5.32 Å². The first-order valence-electron chi connectivity index (χ1n) is 7.23. The number of guanidine groups is 1. The standard InChI is InChI=1S/C15H23FN4/c1-11(10-12-6-8-13(16)9-7-12)18-15(20-17)19-14-4-2-3-5-14/h6-9,11,14H,2-5,10,17H2,1H3,(H2,18,19,20). The van der Waals surface area contributed by atoms with Crippen LogP contribution in [0.4, 0.5) is 4.39 Å². The summed E-state index contributed by atoms with van der Waals surface area (Å²) < 4.78 is 12.9. The van der Waals surface area contributed by atoms with Crippen LogP contribution in [0.1, 0.15) is 38.2 Å². The monoisotopic (exact) mass is 278 g/mol. The molecule has 4 nitrogen and oxygen atoms in total. The molecule has 0 radical (unpaired) electrons. The SMILES string of the molecule is CC(Cc1ccc(F)cc1)NC(=NC1CCCC1)NN. The Morgan fingerprint density at radius 1 is 1.35 bits per heavy atom. The second-order valence-electron chi connectivity index (χ2n) is 5.44. The van der Waals surface area contributed by atoms with Gasteiger partial charge in [-0.1, -0.05) is 25.0 Å². The molecule has 0 spiro atoms. The number of hydrazine groups is 1. The molecule has 0 aliphatic heterocycles. The first-order chi connectivity index (χ1) is 9.67. The van der Waals surface area contributed by atoms with E-state index in [0.29, 0.717) is 12.0 Å². The van der Waals surface area contributed by atoms with E-state index in [9.17, 15) is 4.39 Å². The van der Waals surface area contributed by atoms with Gasteiger partial charge in [0.25, 0.3) is 0 Å².